The van der Waals surface area contributed by atoms with Gasteiger partial charge in [0, 0.05) is 32.0 Å². The van der Waals surface area contributed by atoms with Gasteiger partial charge in [0.25, 0.3) is 0 Å². The van der Waals surface area contributed by atoms with Gasteiger partial charge in [0.15, 0.2) is 11.6 Å². The van der Waals surface area contributed by atoms with Crippen LogP contribution in [0.1, 0.15) is 90.9 Å². The van der Waals surface area contributed by atoms with Crippen LogP contribution in [0.25, 0.3) is 11.4 Å². The van der Waals surface area contributed by atoms with E-state index in [1.165, 1.54) is 44.9 Å². The second-order valence-electron chi connectivity index (χ2n) is 9.22. The van der Waals surface area contributed by atoms with Crippen molar-refractivity contribution in [2.24, 2.45) is 0 Å². The van der Waals surface area contributed by atoms with E-state index >= 15 is 0 Å². The summed E-state index contributed by atoms with van der Waals surface area (Å²) in [6, 6.07) is 7.93. The highest BCUT2D eigenvalue weighted by Gasteiger charge is 2.04. The lowest BCUT2D eigenvalue weighted by Crippen LogP contribution is -2.02. The maximum Gasteiger partial charge on any atom is 0.159 e. The van der Waals surface area contributed by atoms with Crippen molar-refractivity contribution in [2.45, 2.75) is 90.9 Å². The molecule has 0 N–H and O–H groups in total. The molecule has 6 heteroatoms. The first kappa shape index (κ1) is 30.0. The van der Waals surface area contributed by atoms with Gasteiger partial charge >= 0.3 is 0 Å². The summed E-state index contributed by atoms with van der Waals surface area (Å²) in [7, 11) is 0. The summed E-state index contributed by atoms with van der Waals surface area (Å²) in [5.74, 6) is 2.24. The number of unbranched alkanes of at least 4 members (excludes halogenated alkanes) is 8. The second-order valence-corrected chi connectivity index (χ2v) is 9.22. The van der Waals surface area contributed by atoms with Crippen LogP contribution in [-0.2, 0) is 9.47 Å². The van der Waals surface area contributed by atoms with Gasteiger partial charge in [-0.3, -0.25) is 0 Å². The average Bonchev–Trinajstić information content (AvgIpc) is 2.91. The molecular formula is C30H48N2O4. The predicted molar refractivity (Wildman–Crippen MR) is 147 cm³/mol. The molecule has 202 valence electrons. The monoisotopic (exact) mass is 500 g/mol. The second kappa shape index (κ2) is 21.0. The van der Waals surface area contributed by atoms with Crippen LogP contribution >= 0.6 is 0 Å². The largest absolute Gasteiger partial charge is 0.494 e. The number of hydrogen-bond acceptors (Lipinski definition) is 6. The fourth-order valence-electron chi connectivity index (χ4n) is 3.74. The minimum atomic E-state index is 0.648. The van der Waals surface area contributed by atoms with Gasteiger partial charge < -0.3 is 18.9 Å². The topological polar surface area (TPSA) is 62.7 Å². The van der Waals surface area contributed by atoms with E-state index in [0.717, 1.165) is 69.8 Å². The summed E-state index contributed by atoms with van der Waals surface area (Å²) in [6.07, 6.45) is 17.8. The number of rotatable bonds is 23. The highest BCUT2D eigenvalue weighted by atomic mass is 16.5. The Hall–Kier alpha value is -2.18. The van der Waals surface area contributed by atoms with Crippen LogP contribution in [-0.4, -0.2) is 49.6 Å². The third-order valence-electron chi connectivity index (χ3n) is 5.88. The van der Waals surface area contributed by atoms with Crippen molar-refractivity contribution in [3.05, 3.63) is 36.7 Å². The van der Waals surface area contributed by atoms with Gasteiger partial charge in [0.1, 0.15) is 5.75 Å². The minimum absolute atomic E-state index is 0.648. The molecule has 0 fully saturated rings. The molecule has 0 spiro atoms. The summed E-state index contributed by atoms with van der Waals surface area (Å²) in [6.45, 7) is 9.06. The zero-order valence-electron chi connectivity index (χ0n) is 22.7. The molecule has 0 unspecified atom stereocenters. The first-order valence-corrected chi connectivity index (χ1v) is 14.2. The molecule has 1 heterocycles. The van der Waals surface area contributed by atoms with Crippen LogP contribution < -0.4 is 9.47 Å². The van der Waals surface area contributed by atoms with Crippen molar-refractivity contribution < 1.29 is 18.9 Å². The van der Waals surface area contributed by atoms with Crippen molar-refractivity contribution in [2.75, 3.05) is 39.6 Å². The van der Waals surface area contributed by atoms with Crippen molar-refractivity contribution in [3.8, 4) is 22.9 Å². The SMILES string of the molecule is CCCCCCCCCOCCCCOc1ccc(-c2ncc(OCCCCOCCC)cn2)cc1. The molecule has 0 aliphatic rings. The van der Waals surface area contributed by atoms with Gasteiger partial charge in [-0.15, -0.1) is 0 Å². The maximum atomic E-state index is 5.87. The van der Waals surface area contributed by atoms with Crippen molar-refractivity contribution in [1.29, 1.82) is 0 Å². The van der Waals surface area contributed by atoms with Crippen LogP contribution in [0.2, 0.25) is 0 Å². The molecule has 0 bridgehead atoms. The first-order valence-electron chi connectivity index (χ1n) is 14.2. The molecule has 1 aromatic heterocycles. The Kier molecular flexibility index (Phi) is 17.5. The van der Waals surface area contributed by atoms with Crippen LogP contribution in [0.5, 0.6) is 11.5 Å². The van der Waals surface area contributed by atoms with Crippen LogP contribution in [0.15, 0.2) is 36.7 Å². The lowest BCUT2D eigenvalue weighted by molar-refractivity contribution is 0.122. The molecule has 0 saturated carbocycles. The van der Waals surface area contributed by atoms with Crippen molar-refractivity contribution in [1.82, 2.24) is 9.97 Å². The Balaban J connectivity index is 1.51. The summed E-state index contributed by atoms with van der Waals surface area (Å²) in [5.41, 5.74) is 0.959. The molecule has 0 atom stereocenters. The molecule has 0 amide bonds. The van der Waals surface area contributed by atoms with Gasteiger partial charge in [0.2, 0.25) is 0 Å². The third kappa shape index (κ3) is 14.4. The number of aromatic nitrogens is 2. The van der Waals surface area contributed by atoms with E-state index in [4.69, 9.17) is 18.9 Å². The zero-order chi connectivity index (χ0) is 25.5. The highest BCUT2D eigenvalue weighted by Crippen LogP contribution is 2.20. The molecule has 6 nitrogen and oxygen atoms in total. The summed E-state index contributed by atoms with van der Waals surface area (Å²) < 4.78 is 22.8. The lowest BCUT2D eigenvalue weighted by atomic mass is 10.1. The number of hydrogen-bond donors (Lipinski definition) is 0. The fraction of sp³-hybridized carbons (Fsp3) is 0.667. The normalized spacial score (nSPS) is 11.1. The van der Waals surface area contributed by atoms with Gasteiger partial charge in [0.05, 0.1) is 25.6 Å². The van der Waals surface area contributed by atoms with Crippen molar-refractivity contribution >= 4 is 0 Å². The summed E-state index contributed by atoms with van der Waals surface area (Å²) in [4.78, 5) is 8.88. The molecule has 0 aliphatic heterocycles. The molecule has 2 rings (SSSR count). The molecule has 0 radical (unpaired) electrons. The molecule has 2 aromatic rings. The van der Waals surface area contributed by atoms with Gasteiger partial charge in [-0.2, -0.15) is 0 Å². The van der Waals surface area contributed by atoms with Crippen LogP contribution in [0.4, 0.5) is 0 Å². The smallest absolute Gasteiger partial charge is 0.159 e. The number of benzene rings is 1. The Morgan fingerprint density at radius 2 is 1.00 bits per heavy atom. The highest BCUT2D eigenvalue weighted by molar-refractivity contribution is 5.56. The van der Waals surface area contributed by atoms with E-state index < -0.39 is 0 Å². The number of nitrogens with zero attached hydrogens (tertiary/aromatic N) is 2. The van der Waals surface area contributed by atoms with E-state index in [0.29, 0.717) is 24.8 Å². The Bertz CT molecular complexity index is 753. The van der Waals surface area contributed by atoms with Gasteiger partial charge in [-0.1, -0.05) is 52.4 Å². The molecule has 1 aromatic carbocycles. The van der Waals surface area contributed by atoms with E-state index in [9.17, 15) is 0 Å². The van der Waals surface area contributed by atoms with E-state index in [1.54, 1.807) is 12.4 Å². The minimum Gasteiger partial charge on any atom is -0.494 e. The number of ether oxygens (including phenoxy) is 4. The van der Waals surface area contributed by atoms with E-state index in [-0.39, 0.29) is 0 Å². The van der Waals surface area contributed by atoms with Crippen LogP contribution in [0.3, 0.4) is 0 Å². The van der Waals surface area contributed by atoms with Crippen molar-refractivity contribution in [3.63, 3.8) is 0 Å². The quantitative estimate of drug-likeness (QED) is 0.146. The molecule has 0 aliphatic carbocycles. The van der Waals surface area contributed by atoms with Gasteiger partial charge in [-0.25, -0.2) is 9.97 Å². The summed E-state index contributed by atoms with van der Waals surface area (Å²) >= 11 is 0. The summed E-state index contributed by atoms with van der Waals surface area (Å²) in [5, 5.41) is 0. The Morgan fingerprint density at radius 1 is 0.500 bits per heavy atom. The average molecular weight is 501 g/mol. The molecule has 0 saturated heterocycles. The predicted octanol–water partition coefficient (Wildman–Crippen LogP) is 7.66. The fourth-order valence-corrected chi connectivity index (χ4v) is 3.74. The zero-order valence-corrected chi connectivity index (χ0v) is 22.7. The third-order valence-corrected chi connectivity index (χ3v) is 5.88. The van der Waals surface area contributed by atoms with Gasteiger partial charge in [-0.05, 0) is 62.8 Å². The maximum absolute atomic E-state index is 5.87. The van der Waals surface area contributed by atoms with E-state index in [1.807, 2.05) is 24.3 Å². The van der Waals surface area contributed by atoms with E-state index in [2.05, 4.69) is 23.8 Å². The molecule has 36 heavy (non-hydrogen) atoms. The Morgan fingerprint density at radius 3 is 1.61 bits per heavy atom. The lowest BCUT2D eigenvalue weighted by Gasteiger charge is -2.08. The molecular weight excluding hydrogens is 452 g/mol. The Labute approximate surface area is 219 Å². The first-order chi connectivity index (χ1) is 17.8. The standard InChI is InChI=1S/C30H48N2O4/c1-3-5-6-7-8-9-10-20-34-22-12-13-23-35-28-17-15-27(16-18-28)30-31-25-29(26-32-30)36-24-14-11-21-33-19-4-2/h15-18,25-26H,3-14,19-24H2,1-2H3. The van der Waals surface area contributed by atoms with Crippen LogP contribution in [0, 0.1) is 0 Å².